The van der Waals surface area contributed by atoms with Gasteiger partial charge in [0.15, 0.2) is 0 Å². The van der Waals surface area contributed by atoms with Crippen LogP contribution in [-0.4, -0.2) is 52.2 Å². The second-order valence-corrected chi connectivity index (χ2v) is 5.29. The van der Waals surface area contributed by atoms with E-state index in [-0.39, 0.29) is 0 Å². The standard InChI is InChI=1S/C13H16N2.C2H2O4/c1-15(2)11-6-9-4-3-5-12-13(9)10(7-11)8-14-12;3-1(4)2(5)6/h3-5,8,11,14H,6-7H2,1-2H3;(H,3,4)(H,5,6). The van der Waals surface area contributed by atoms with Crippen molar-refractivity contribution in [3.63, 3.8) is 0 Å². The van der Waals surface area contributed by atoms with Crippen LogP contribution in [-0.2, 0) is 22.4 Å². The van der Waals surface area contributed by atoms with Crippen molar-refractivity contribution < 1.29 is 19.8 Å². The van der Waals surface area contributed by atoms with E-state index in [1.54, 1.807) is 0 Å². The van der Waals surface area contributed by atoms with E-state index in [2.05, 4.69) is 48.4 Å². The van der Waals surface area contributed by atoms with Crippen LogP contribution >= 0.6 is 0 Å². The summed E-state index contributed by atoms with van der Waals surface area (Å²) in [6.45, 7) is 0. The van der Waals surface area contributed by atoms with E-state index in [0.717, 1.165) is 0 Å². The third-order valence-corrected chi connectivity index (χ3v) is 3.70. The molecular weight excluding hydrogens is 272 g/mol. The van der Waals surface area contributed by atoms with Crippen LogP contribution in [0.25, 0.3) is 10.9 Å². The fourth-order valence-electron chi connectivity index (χ4n) is 2.61. The van der Waals surface area contributed by atoms with E-state index in [9.17, 15) is 0 Å². The lowest BCUT2D eigenvalue weighted by Crippen LogP contribution is -2.33. The Bertz CT molecular complexity index is 663. The van der Waals surface area contributed by atoms with E-state index >= 15 is 0 Å². The van der Waals surface area contributed by atoms with Crippen molar-refractivity contribution in [1.29, 1.82) is 0 Å². The SMILES string of the molecule is CN(C)C1Cc2cccc3[nH]cc(c23)C1.O=C(O)C(=O)O. The Hall–Kier alpha value is -2.34. The molecule has 0 radical (unpaired) electrons. The first-order valence-corrected chi connectivity index (χ1v) is 6.60. The topological polar surface area (TPSA) is 93.6 Å². The largest absolute Gasteiger partial charge is 0.473 e. The van der Waals surface area contributed by atoms with E-state index in [4.69, 9.17) is 19.8 Å². The molecule has 0 saturated heterocycles. The van der Waals surface area contributed by atoms with Gasteiger partial charge in [-0.25, -0.2) is 9.59 Å². The lowest BCUT2D eigenvalue weighted by Gasteiger charge is -2.28. The average Bonchev–Trinajstić information content (AvgIpc) is 2.84. The van der Waals surface area contributed by atoms with Crippen molar-refractivity contribution in [2.45, 2.75) is 18.9 Å². The van der Waals surface area contributed by atoms with Crippen LogP contribution in [0.3, 0.4) is 0 Å². The molecule has 21 heavy (non-hydrogen) atoms. The van der Waals surface area contributed by atoms with Crippen LogP contribution in [0.4, 0.5) is 0 Å². The third kappa shape index (κ3) is 3.22. The molecule has 3 rings (SSSR count). The first kappa shape index (κ1) is 15.1. The maximum Gasteiger partial charge on any atom is 0.414 e. The molecule has 112 valence electrons. The summed E-state index contributed by atoms with van der Waals surface area (Å²) in [7, 11) is 4.34. The number of likely N-dealkylation sites (N-methyl/N-ethyl adjacent to an activating group) is 1. The van der Waals surface area contributed by atoms with Crippen molar-refractivity contribution in [3.8, 4) is 0 Å². The number of carboxylic acids is 2. The molecule has 0 spiro atoms. The number of nitrogens with zero attached hydrogens (tertiary/aromatic N) is 1. The van der Waals surface area contributed by atoms with E-state index in [0.29, 0.717) is 6.04 Å². The zero-order valence-electron chi connectivity index (χ0n) is 12.0. The van der Waals surface area contributed by atoms with Gasteiger partial charge in [-0.15, -0.1) is 0 Å². The molecule has 1 atom stereocenters. The molecule has 6 heteroatoms. The molecule has 1 aliphatic carbocycles. The molecule has 3 N–H and O–H groups in total. The molecule has 1 aliphatic rings. The molecule has 0 saturated carbocycles. The summed E-state index contributed by atoms with van der Waals surface area (Å²) < 4.78 is 0. The Morgan fingerprint density at radius 1 is 1.14 bits per heavy atom. The predicted octanol–water partition coefficient (Wildman–Crippen LogP) is 1.35. The molecule has 1 unspecified atom stereocenters. The average molecular weight is 290 g/mol. The predicted molar refractivity (Wildman–Crippen MR) is 78.5 cm³/mol. The first-order chi connectivity index (χ1) is 9.90. The van der Waals surface area contributed by atoms with Gasteiger partial charge in [0.25, 0.3) is 0 Å². The van der Waals surface area contributed by atoms with Gasteiger partial charge in [-0.3, -0.25) is 0 Å². The minimum Gasteiger partial charge on any atom is -0.473 e. The number of nitrogens with one attached hydrogen (secondary N) is 1. The number of H-pyrrole nitrogens is 1. The highest BCUT2D eigenvalue weighted by molar-refractivity contribution is 6.27. The highest BCUT2D eigenvalue weighted by atomic mass is 16.4. The molecule has 0 amide bonds. The number of hydrogen-bond donors (Lipinski definition) is 3. The number of rotatable bonds is 1. The fourth-order valence-corrected chi connectivity index (χ4v) is 2.61. The van der Waals surface area contributed by atoms with Crippen LogP contribution in [0.15, 0.2) is 24.4 Å². The Morgan fingerprint density at radius 2 is 1.76 bits per heavy atom. The summed E-state index contributed by atoms with van der Waals surface area (Å²) in [6.07, 6.45) is 4.52. The van der Waals surface area contributed by atoms with Crippen molar-refractivity contribution in [2.75, 3.05) is 14.1 Å². The first-order valence-electron chi connectivity index (χ1n) is 6.60. The molecule has 6 nitrogen and oxygen atoms in total. The van der Waals surface area contributed by atoms with Crippen molar-refractivity contribution in [2.24, 2.45) is 0 Å². The number of aromatic amines is 1. The molecule has 0 fully saturated rings. The van der Waals surface area contributed by atoms with Gasteiger partial charge in [0, 0.05) is 23.1 Å². The molecule has 1 aromatic heterocycles. The molecular formula is C15H18N2O4. The second-order valence-electron chi connectivity index (χ2n) is 5.29. The van der Waals surface area contributed by atoms with E-state index in [1.807, 2.05) is 0 Å². The number of carbonyl (C=O) groups is 2. The van der Waals surface area contributed by atoms with Gasteiger partial charge >= 0.3 is 11.9 Å². The van der Waals surface area contributed by atoms with Gasteiger partial charge in [0.2, 0.25) is 0 Å². The monoisotopic (exact) mass is 290 g/mol. The van der Waals surface area contributed by atoms with E-state index < -0.39 is 11.9 Å². The van der Waals surface area contributed by atoms with Gasteiger partial charge in [-0.05, 0) is 44.1 Å². The van der Waals surface area contributed by atoms with Crippen LogP contribution in [0, 0.1) is 0 Å². The second kappa shape index (κ2) is 5.97. The smallest absolute Gasteiger partial charge is 0.414 e. The summed E-state index contributed by atoms with van der Waals surface area (Å²) in [6, 6.07) is 7.22. The minimum atomic E-state index is -1.82. The van der Waals surface area contributed by atoms with Crippen LogP contribution in [0.1, 0.15) is 11.1 Å². The Balaban J connectivity index is 0.000000232. The quantitative estimate of drug-likeness (QED) is 0.689. The highest BCUT2D eigenvalue weighted by Crippen LogP contribution is 2.30. The van der Waals surface area contributed by atoms with Gasteiger partial charge in [-0.1, -0.05) is 12.1 Å². The third-order valence-electron chi connectivity index (χ3n) is 3.70. The maximum absolute atomic E-state index is 9.10. The zero-order valence-corrected chi connectivity index (χ0v) is 12.0. The van der Waals surface area contributed by atoms with Crippen molar-refractivity contribution in [3.05, 3.63) is 35.5 Å². The van der Waals surface area contributed by atoms with Crippen molar-refractivity contribution in [1.82, 2.24) is 9.88 Å². The van der Waals surface area contributed by atoms with E-state index in [1.165, 1.54) is 34.9 Å². The summed E-state index contributed by atoms with van der Waals surface area (Å²) in [5, 5.41) is 16.3. The Morgan fingerprint density at radius 3 is 2.33 bits per heavy atom. The molecule has 1 aromatic carbocycles. The minimum absolute atomic E-state index is 0.652. The zero-order chi connectivity index (χ0) is 15.6. The fraction of sp³-hybridized carbons (Fsp3) is 0.333. The number of aromatic nitrogens is 1. The molecule has 0 bridgehead atoms. The summed E-state index contributed by atoms with van der Waals surface area (Å²) >= 11 is 0. The molecule has 2 aromatic rings. The highest BCUT2D eigenvalue weighted by Gasteiger charge is 2.22. The van der Waals surface area contributed by atoms with Crippen LogP contribution in [0.5, 0.6) is 0 Å². The Labute approximate surface area is 122 Å². The Kier molecular flexibility index (Phi) is 4.28. The molecule has 0 aliphatic heterocycles. The van der Waals surface area contributed by atoms with Crippen LogP contribution < -0.4 is 0 Å². The summed E-state index contributed by atoms with van der Waals surface area (Å²) in [5.41, 5.74) is 4.26. The normalized spacial score (nSPS) is 16.4. The lowest BCUT2D eigenvalue weighted by molar-refractivity contribution is -0.159. The number of carboxylic acid groups (broad SMARTS) is 2. The van der Waals surface area contributed by atoms with Gasteiger partial charge < -0.3 is 20.1 Å². The van der Waals surface area contributed by atoms with Crippen LogP contribution in [0.2, 0.25) is 0 Å². The summed E-state index contributed by atoms with van der Waals surface area (Å²) in [5.74, 6) is -3.65. The number of hydrogen-bond acceptors (Lipinski definition) is 3. The number of benzene rings is 1. The summed E-state index contributed by atoms with van der Waals surface area (Å²) in [4.78, 5) is 23.9. The maximum atomic E-state index is 9.10. The van der Waals surface area contributed by atoms with Gasteiger partial charge in [0.05, 0.1) is 0 Å². The van der Waals surface area contributed by atoms with Gasteiger partial charge in [0.1, 0.15) is 0 Å². The van der Waals surface area contributed by atoms with Gasteiger partial charge in [-0.2, -0.15) is 0 Å². The lowest BCUT2D eigenvalue weighted by atomic mass is 9.89. The molecule has 1 heterocycles. The number of aliphatic carboxylic acids is 2. The van der Waals surface area contributed by atoms with Crippen molar-refractivity contribution >= 4 is 22.8 Å².